The zero-order valence-corrected chi connectivity index (χ0v) is 8.63. The lowest BCUT2D eigenvalue weighted by Crippen LogP contribution is -2.25. The van der Waals surface area contributed by atoms with Crippen LogP contribution in [0.5, 0.6) is 0 Å². The van der Waals surface area contributed by atoms with Crippen molar-refractivity contribution in [2.75, 3.05) is 25.0 Å². The molecule has 2 rings (SSSR count). The molecule has 1 heterocycles. The predicted octanol–water partition coefficient (Wildman–Crippen LogP) is 1.73. The SMILES string of the molecule is CN1CCc2cc(C(F)(F)CN)ccc21. The quantitative estimate of drug-likeness (QED) is 0.809. The highest BCUT2D eigenvalue weighted by molar-refractivity contribution is 5.58. The smallest absolute Gasteiger partial charge is 0.285 e. The molecule has 1 aromatic rings. The second kappa shape index (κ2) is 3.45. The number of alkyl halides is 2. The van der Waals surface area contributed by atoms with Crippen molar-refractivity contribution < 1.29 is 8.78 Å². The summed E-state index contributed by atoms with van der Waals surface area (Å²) in [5.74, 6) is -2.91. The van der Waals surface area contributed by atoms with E-state index in [0.29, 0.717) is 0 Å². The van der Waals surface area contributed by atoms with Crippen LogP contribution < -0.4 is 10.6 Å². The highest BCUT2D eigenvalue weighted by Crippen LogP contribution is 2.33. The minimum Gasteiger partial charge on any atom is -0.374 e. The summed E-state index contributed by atoms with van der Waals surface area (Å²) in [4.78, 5) is 2.07. The third-order valence-electron chi connectivity index (χ3n) is 2.89. The summed E-state index contributed by atoms with van der Waals surface area (Å²) in [7, 11) is 1.96. The third kappa shape index (κ3) is 1.69. The van der Waals surface area contributed by atoms with Crippen molar-refractivity contribution in [2.24, 2.45) is 5.73 Å². The van der Waals surface area contributed by atoms with E-state index in [0.717, 1.165) is 24.2 Å². The van der Waals surface area contributed by atoms with Gasteiger partial charge in [0.1, 0.15) is 0 Å². The normalized spacial score (nSPS) is 15.6. The number of benzene rings is 1. The molecule has 0 saturated heterocycles. The maximum Gasteiger partial charge on any atom is 0.285 e. The van der Waals surface area contributed by atoms with Crippen LogP contribution in [-0.2, 0) is 12.3 Å². The molecule has 0 bridgehead atoms. The summed E-state index contributed by atoms with van der Waals surface area (Å²) < 4.78 is 26.6. The summed E-state index contributed by atoms with van der Waals surface area (Å²) in [5, 5.41) is 0. The number of halogens is 2. The summed E-state index contributed by atoms with van der Waals surface area (Å²) >= 11 is 0. The Labute approximate surface area is 87.7 Å². The van der Waals surface area contributed by atoms with E-state index in [-0.39, 0.29) is 5.56 Å². The number of rotatable bonds is 2. The molecule has 0 aliphatic carbocycles. The topological polar surface area (TPSA) is 29.3 Å². The molecule has 0 aromatic heterocycles. The zero-order chi connectivity index (χ0) is 11.1. The molecule has 1 aromatic carbocycles. The molecule has 0 spiro atoms. The van der Waals surface area contributed by atoms with E-state index in [1.54, 1.807) is 12.1 Å². The van der Waals surface area contributed by atoms with Gasteiger partial charge in [0, 0.05) is 24.8 Å². The van der Waals surface area contributed by atoms with Crippen LogP contribution in [0.4, 0.5) is 14.5 Å². The molecule has 1 aliphatic heterocycles. The molecular formula is C11H14F2N2. The van der Waals surface area contributed by atoms with Crippen LogP contribution in [0.1, 0.15) is 11.1 Å². The first kappa shape index (κ1) is 10.4. The van der Waals surface area contributed by atoms with Gasteiger partial charge in [-0.15, -0.1) is 0 Å². The predicted molar refractivity (Wildman–Crippen MR) is 56.4 cm³/mol. The van der Waals surface area contributed by atoms with Gasteiger partial charge in [0.05, 0.1) is 6.54 Å². The van der Waals surface area contributed by atoms with Crippen LogP contribution in [0.3, 0.4) is 0 Å². The molecule has 2 nitrogen and oxygen atoms in total. The minimum absolute atomic E-state index is 0.0269. The molecule has 2 N–H and O–H groups in total. The van der Waals surface area contributed by atoms with Crippen molar-refractivity contribution in [3.8, 4) is 0 Å². The monoisotopic (exact) mass is 212 g/mol. The number of hydrogen-bond donors (Lipinski definition) is 1. The molecule has 0 saturated carbocycles. The fourth-order valence-corrected chi connectivity index (χ4v) is 1.91. The fourth-order valence-electron chi connectivity index (χ4n) is 1.91. The number of hydrogen-bond acceptors (Lipinski definition) is 2. The highest BCUT2D eigenvalue weighted by atomic mass is 19.3. The van der Waals surface area contributed by atoms with Gasteiger partial charge in [0.25, 0.3) is 5.92 Å². The fraction of sp³-hybridized carbons (Fsp3) is 0.455. The van der Waals surface area contributed by atoms with Gasteiger partial charge in [-0.1, -0.05) is 6.07 Å². The first-order valence-electron chi connectivity index (χ1n) is 4.97. The Kier molecular flexibility index (Phi) is 2.38. The standard InChI is InChI=1S/C11H14F2N2/c1-15-5-4-8-6-9(2-3-10(8)15)11(12,13)7-14/h2-3,6H,4-5,7,14H2,1H3. The van der Waals surface area contributed by atoms with E-state index in [1.165, 1.54) is 6.07 Å². The highest BCUT2D eigenvalue weighted by Gasteiger charge is 2.30. The molecule has 0 amide bonds. The molecule has 4 heteroatoms. The van der Waals surface area contributed by atoms with Gasteiger partial charge in [0.2, 0.25) is 0 Å². The molecule has 0 radical (unpaired) electrons. The molecule has 82 valence electrons. The van der Waals surface area contributed by atoms with Crippen molar-refractivity contribution in [3.63, 3.8) is 0 Å². The lowest BCUT2D eigenvalue weighted by atomic mass is 10.0. The molecule has 0 unspecified atom stereocenters. The van der Waals surface area contributed by atoms with Crippen LogP contribution in [0.2, 0.25) is 0 Å². The maximum atomic E-state index is 13.3. The lowest BCUT2D eigenvalue weighted by molar-refractivity contribution is 0.00591. The first-order chi connectivity index (χ1) is 7.04. The van der Waals surface area contributed by atoms with Crippen LogP contribution in [0, 0.1) is 0 Å². The maximum absolute atomic E-state index is 13.3. The van der Waals surface area contributed by atoms with Crippen molar-refractivity contribution in [2.45, 2.75) is 12.3 Å². The van der Waals surface area contributed by atoms with Gasteiger partial charge in [-0.2, -0.15) is 8.78 Å². The zero-order valence-electron chi connectivity index (χ0n) is 8.63. The van der Waals surface area contributed by atoms with E-state index in [4.69, 9.17) is 5.73 Å². The van der Waals surface area contributed by atoms with Gasteiger partial charge in [-0.3, -0.25) is 0 Å². The third-order valence-corrected chi connectivity index (χ3v) is 2.89. The Balaban J connectivity index is 2.39. The number of fused-ring (bicyclic) bond motifs is 1. The average molecular weight is 212 g/mol. The summed E-state index contributed by atoms with van der Waals surface area (Å²) in [6, 6.07) is 4.79. The molecule has 0 atom stereocenters. The Hall–Kier alpha value is -1.16. The van der Waals surface area contributed by atoms with E-state index in [1.807, 2.05) is 7.05 Å². The van der Waals surface area contributed by atoms with Crippen LogP contribution in [0.25, 0.3) is 0 Å². The Bertz CT molecular complexity index is 377. The first-order valence-corrected chi connectivity index (χ1v) is 4.97. The Morgan fingerprint density at radius 1 is 1.47 bits per heavy atom. The minimum atomic E-state index is -2.91. The van der Waals surface area contributed by atoms with Crippen LogP contribution in [-0.4, -0.2) is 20.1 Å². The van der Waals surface area contributed by atoms with Crippen molar-refractivity contribution in [1.82, 2.24) is 0 Å². The van der Waals surface area contributed by atoms with E-state index in [2.05, 4.69) is 4.90 Å². The number of nitrogens with zero attached hydrogens (tertiary/aromatic N) is 1. The van der Waals surface area contributed by atoms with E-state index >= 15 is 0 Å². The van der Waals surface area contributed by atoms with Crippen LogP contribution in [0.15, 0.2) is 18.2 Å². The van der Waals surface area contributed by atoms with Crippen LogP contribution >= 0.6 is 0 Å². The number of likely N-dealkylation sites (N-methyl/N-ethyl adjacent to an activating group) is 1. The van der Waals surface area contributed by atoms with Gasteiger partial charge in [-0.05, 0) is 24.1 Å². The molecule has 15 heavy (non-hydrogen) atoms. The molecule has 1 aliphatic rings. The van der Waals surface area contributed by atoms with Gasteiger partial charge in [-0.25, -0.2) is 0 Å². The number of nitrogens with two attached hydrogens (primary N) is 1. The van der Waals surface area contributed by atoms with Crippen molar-refractivity contribution >= 4 is 5.69 Å². The van der Waals surface area contributed by atoms with Gasteiger partial charge >= 0.3 is 0 Å². The second-order valence-corrected chi connectivity index (χ2v) is 3.92. The lowest BCUT2D eigenvalue weighted by Gasteiger charge is -2.16. The summed E-state index contributed by atoms with van der Waals surface area (Å²) in [6.07, 6.45) is 0.834. The van der Waals surface area contributed by atoms with E-state index in [9.17, 15) is 8.78 Å². The molecular weight excluding hydrogens is 198 g/mol. The Morgan fingerprint density at radius 2 is 2.20 bits per heavy atom. The second-order valence-electron chi connectivity index (χ2n) is 3.92. The van der Waals surface area contributed by atoms with E-state index < -0.39 is 12.5 Å². The van der Waals surface area contributed by atoms with Gasteiger partial charge in [0.15, 0.2) is 0 Å². The Morgan fingerprint density at radius 3 is 2.87 bits per heavy atom. The van der Waals surface area contributed by atoms with Crippen molar-refractivity contribution in [3.05, 3.63) is 29.3 Å². The average Bonchev–Trinajstić information content (AvgIpc) is 2.60. The largest absolute Gasteiger partial charge is 0.374 e. The number of anilines is 1. The summed E-state index contributed by atoms with van der Waals surface area (Å²) in [5.41, 5.74) is 7.11. The summed E-state index contributed by atoms with van der Waals surface area (Å²) in [6.45, 7) is 0.259. The van der Waals surface area contributed by atoms with Crippen molar-refractivity contribution in [1.29, 1.82) is 0 Å². The van der Waals surface area contributed by atoms with Gasteiger partial charge < -0.3 is 10.6 Å². The molecule has 0 fully saturated rings.